The van der Waals surface area contributed by atoms with Gasteiger partial charge in [0, 0.05) is 6.54 Å². The van der Waals surface area contributed by atoms with Gasteiger partial charge in [0.15, 0.2) is 11.4 Å². The number of carbonyl (C=O) groups excluding carboxylic acids is 1. The quantitative estimate of drug-likeness (QED) is 0.412. The molecule has 0 bridgehead atoms. The second kappa shape index (κ2) is 9.11. The minimum absolute atomic E-state index is 0.124. The van der Waals surface area contributed by atoms with Crippen LogP contribution in [0.15, 0.2) is 48.7 Å². The summed E-state index contributed by atoms with van der Waals surface area (Å²) in [5.74, 6) is -1.85. The van der Waals surface area contributed by atoms with Crippen molar-refractivity contribution < 1.29 is 53.4 Å². The van der Waals surface area contributed by atoms with Crippen LogP contribution >= 0.6 is 0 Å². The van der Waals surface area contributed by atoms with Crippen LogP contribution in [-0.2, 0) is 25.1 Å². The van der Waals surface area contributed by atoms with E-state index in [4.69, 9.17) is 0 Å². The Hall–Kier alpha value is -3.78. The van der Waals surface area contributed by atoms with Gasteiger partial charge in [-0.3, -0.25) is 0 Å². The zero-order valence-corrected chi connectivity index (χ0v) is 16.8. The van der Waals surface area contributed by atoms with Crippen LogP contribution in [0.1, 0.15) is 22.4 Å². The molecule has 188 valence electrons. The molecule has 0 atom stereocenters. The summed E-state index contributed by atoms with van der Waals surface area (Å²) in [4.78, 5) is 12.0. The van der Waals surface area contributed by atoms with E-state index >= 15 is 0 Å². The van der Waals surface area contributed by atoms with E-state index in [1.165, 1.54) is 0 Å². The topological polar surface area (TPSA) is 56.1 Å². The molecule has 0 aliphatic rings. The highest BCUT2D eigenvalue weighted by Gasteiger charge is 2.41. The summed E-state index contributed by atoms with van der Waals surface area (Å²) in [6, 6.07) is 4.19. The number of hydrogen-bond acceptors (Lipinski definition) is 3. The highest BCUT2D eigenvalue weighted by molar-refractivity contribution is 5.70. The number of amides is 1. The summed E-state index contributed by atoms with van der Waals surface area (Å²) >= 11 is 0. The molecule has 0 saturated heterocycles. The van der Waals surface area contributed by atoms with Gasteiger partial charge in [-0.25, -0.2) is 13.9 Å². The molecular formula is C20H11F10N3O2. The number of ether oxygens (including phenoxy) is 1. The van der Waals surface area contributed by atoms with Crippen molar-refractivity contribution in [1.29, 1.82) is 0 Å². The summed E-state index contributed by atoms with van der Waals surface area (Å²) in [6.07, 6.45) is -16.5. The molecule has 35 heavy (non-hydrogen) atoms. The summed E-state index contributed by atoms with van der Waals surface area (Å²) in [7, 11) is 0. The maximum atomic E-state index is 13.6. The fraction of sp³-hybridized carbons (Fsp3) is 0.200. The normalized spacial score (nSPS) is 12.5. The molecule has 5 nitrogen and oxygen atoms in total. The first-order valence-corrected chi connectivity index (χ1v) is 9.21. The molecule has 0 radical (unpaired) electrons. The van der Waals surface area contributed by atoms with Crippen LogP contribution in [0.4, 0.5) is 48.7 Å². The standard InChI is InChI=1S/C20H11F10N3O2/c21-13-1-3-14(4-2-13)33-16(20(28,29)30)15(9-32-33)35-17(34)31-8-10-5-11(18(22,23)24)7-12(6-10)19(25,26)27/h1-7,9H,8H2,(H,31,34). The molecule has 0 spiro atoms. The summed E-state index contributed by atoms with van der Waals surface area (Å²) < 4.78 is 136. The Morgan fingerprint density at radius 3 is 1.89 bits per heavy atom. The third-order valence-electron chi connectivity index (χ3n) is 4.36. The van der Waals surface area contributed by atoms with Crippen LogP contribution in [-0.4, -0.2) is 15.9 Å². The summed E-state index contributed by atoms with van der Waals surface area (Å²) in [5, 5.41) is 5.24. The fourth-order valence-corrected chi connectivity index (χ4v) is 2.88. The van der Waals surface area contributed by atoms with Crippen LogP contribution in [0, 0.1) is 5.82 Å². The van der Waals surface area contributed by atoms with Gasteiger partial charge in [-0.05, 0) is 48.0 Å². The molecule has 1 heterocycles. The lowest BCUT2D eigenvalue weighted by atomic mass is 10.0. The molecule has 1 amide bonds. The number of halogens is 10. The Balaban J connectivity index is 1.83. The number of nitrogens with one attached hydrogen (secondary N) is 1. The highest BCUT2D eigenvalue weighted by atomic mass is 19.4. The van der Waals surface area contributed by atoms with E-state index in [1.54, 1.807) is 5.32 Å². The van der Waals surface area contributed by atoms with Crippen LogP contribution < -0.4 is 10.1 Å². The molecule has 3 aromatic rings. The molecular weight excluding hydrogens is 504 g/mol. The molecule has 15 heteroatoms. The average molecular weight is 515 g/mol. The van der Waals surface area contributed by atoms with Crippen molar-refractivity contribution in [3.8, 4) is 11.4 Å². The Labute approximate surface area is 188 Å². The lowest BCUT2D eigenvalue weighted by molar-refractivity contribution is -0.144. The van der Waals surface area contributed by atoms with Crippen molar-refractivity contribution in [2.45, 2.75) is 25.1 Å². The minimum atomic E-state index is -5.13. The summed E-state index contributed by atoms with van der Waals surface area (Å²) in [5.41, 5.74) is -5.73. The highest BCUT2D eigenvalue weighted by Crippen LogP contribution is 2.38. The van der Waals surface area contributed by atoms with Crippen LogP contribution in [0.25, 0.3) is 5.69 Å². The number of carbonyl (C=O) groups is 1. The van der Waals surface area contributed by atoms with E-state index in [2.05, 4.69) is 9.84 Å². The van der Waals surface area contributed by atoms with Gasteiger partial charge < -0.3 is 10.1 Å². The van der Waals surface area contributed by atoms with Gasteiger partial charge >= 0.3 is 24.6 Å². The van der Waals surface area contributed by atoms with E-state index in [0.717, 1.165) is 24.3 Å². The maximum Gasteiger partial charge on any atom is 0.437 e. The summed E-state index contributed by atoms with van der Waals surface area (Å²) in [6.45, 7) is -0.931. The zero-order chi connectivity index (χ0) is 26.2. The van der Waals surface area contributed by atoms with E-state index < -0.39 is 65.1 Å². The SMILES string of the molecule is O=C(NCc1cc(C(F)(F)F)cc(C(F)(F)F)c1)Oc1cnn(-c2ccc(F)cc2)c1C(F)(F)F. The van der Waals surface area contributed by atoms with E-state index in [-0.39, 0.29) is 11.8 Å². The van der Waals surface area contributed by atoms with Gasteiger partial charge in [0.25, 0.3) is 0 Å². The van der Waals surface area contributed by atoms with E-state index in [1.807, 2.05) is 0 Å². The largest absolute Gasteiger partial charge is 0.437 e. The van der Waals surface area contributed by atoms with Crippen molar-refractivity contribution in [3.63, 3.8) is 0 Å². The van der Waals surface area contributed by atoms with Crippen molar-refractivity contribution >= 4 is 6.09 Å². The molecule has 0 aliphatic carbocycles. The van der Waals surface area contributed by atoms with E-state index in [0.29, 0.717) is 23.0 Å². The van der Waals surface area contributed by atoms with Crippen molar-refractivity contribution in [1.82, 2.24) is 15.1 Å². The zero-order valence-electron chi connectivity index (χ0n) is 16.8. The van der Waals surface area contributed by atoms with Gasteiger partial charge in [-0.15, -0.1) is 0 Å². The lowest BCUT2D eigenvalue weighted by Gasteiger charge is -2.15. The monoisotopic (exact) mass is 515 g/mol. The van der Waals surface area contributed by atoms with Crippen molar-refractivity contribution in [2.24, 2.45) is 0 Å². The molecule has 1 aromatic heterocycles. The first kappa shape index (κ1) is 25.8. The minimum Gasteiger partial charge on any atom is -0.406 e. The number of benzene rings is 2. The molecule has 0 saturated carbocycles. The second-order valence-electron chi connectivity index (χ2n) is 6.90. The van der Waals surface area contributed by atoms with Gasteiger partial charge in [-0.2, -0.15) is 44.6 Å². The maximum absolute atomic E-state index is 13.6. The molecule has 2 aromatic carbocycles. The average Bonchev–Trinajstić information content (AvgIpc) is 3.15. The number of alkyl halides is 9. The van der Waals surface area contributed by atoms with Gasteiger partial charge in [0.1, 0.15) is 5.82 Å². The molecule has 3 rings (SSSR count). The van der Waals surface area contributed by atoms with Crippen molar-refractivity contribution in [3.05, 3.63) is 76.9 Å². The molecule has 1 N–H and O–H groups in total. The first-order valence-electron chi connectivity index (χ1n) is 9.21. The lowest BCUT2D eigenvalue weighted by Crippen LogP contribution is -2.27. The Morgan fingerprint density at radius 1 is 0.857 bits per heavy atom. The third-order valence-corrected chi connectivity index (χ3v) is 4.36. The van der Waals surface area contributed by atoms with Gasteiger partial charge in [0.2, 0.25) is 0 Å². The fourth-order valence-electron chi connectivity index (χ4n) is 2.88. The van der Waals surface area contributed by atoms with E-state index in [9.17, 15) is 48.7 Å². The Kier molecular flexibility index (Phi) is 6.72. The molecule has 0 fully saturated rings. The smallest absolute Gasteiger partial charge is 0.406 e. The Morgan fingerprint density at radius 2 is 1.40 bits per heavy atom. The first-order chi connectivity index (χ1) is 16.1. The number of hydrogen-bond donors (Lipinski definition) is 1. The molecule has 0 aliphatic heterocycles. The van der Waals surface area contributed by atoms with Crippen LogP contribution in [0.3, 0.4) is 0 Å². The van der Waals surface area contributed by atoms with Crippen LogP contribution in [0.5, 0.6) is 5.75 Å². The predicted octanol–water partition coefficient (Wildman–Crippen LogP) is 6.36. The molecule has 0 unspecified atom stereocenters. The number of nitrogens with zero attached hydrogens (tertiary/aromatic N) is 2. The second-order valence-corrected chi connectivity index (χ2v) is 6.90. The number of aromatic nitrogens is 2. The number of rotatable bonds is 4. The van der Waals surface area contributed by atoms with Gasteiger partial charge in [0.05, 0.1) is 23.0 Å². The predicted molar refractivity (Wildman–Crippen MR) is 97.8 cm³/mol. The van der Waals surface area contributed by atoms with Gasteiger partial charge in [-0.1, -0.05) is 0 Å². The van der Waals surface area contributed by atoms with Crippen LogP contribution in [0.2, 0.25) is 0 Å². The van der Waals surface area contributed by atoms with Crippen molar-refractivity contribution in [2.75, 3.05) is 0 Å². The Bertz CT molecular complexity index is 1180. The third kappa shape index (κ3) is 6.22.